The van der Waals surface area contributed by atoms with Gasteiger partial charge in [-0.3, -0.25) is 4.79 Å². The van der Waals surface area contributed by atoms with Crippen molar-refractivity contribution in [3.8, 4) is 0 Å². The second-order valence-electron chi connectivity index (χ2n) is 4.21. The first kappa shape index (κ1) is 13.4. The number of hydrogen-bond acceptors (Lipinski definition) is 5. The number of nitrogens with one attached hydrogen (secondary N) is 1. The summed E-state index contributed by atoms with van der Waals surface area (Å²) in [5, 5.41) is 11.5. The molecule has 0 aromatic rings. The number of aliphatic hydroxyl groups is 1. The van der Waals surface area contributed by atoms with E-state index in [4.69, 9.17) is 0 Å². The van der Waals surface area contributed by atoms with Gasteiger partial charge in [-0.25, -0.2) is 8.42 Å². The predicted octanol–water partition coefficient (Wildman–Crippen LogP) is -1.79. The molecule has 3 atom stereocenters. The lowest BCUT2D eigenvalue weighted by Gasteiger charge is -2.28. The summed E-state index contributed by atoms with van der Waals surface area (Å²) in [6.07, 6.45) is 0.396. The van der Waals surface area contributed by atoms with Gasteiger partial charge in [-0.1, -0.05) is 0 Å². The van der Waals surface area contributed by atoms with Gasteiger partial charge >= 0.3 is 0 Å². The van der Waals surface area contributed by atoms with Gasteiger partial charge in [0, 0.05) is 26.4 Å². The van der Waals surface area contributed by atoms with Crippen LogP contribution in [0.3, 0.4) is 0 Å². The molecule has 1 saturated heterocycles. The van der Waals surface area contributed by atoms with Crippen molar-refractivity contribution in [2.75, 3.05) is 26.4 Å². The third kappa shape index (κ3) is 2.72. The zero-order valence-electron chi connectivity index (χ0n) is 9.67. The maximum atomic E-state index is 11.8. The molecule has 0 bridgehead atoms. The van der Waals surface area contributed by atoms with Crippen LogP contribution in [0.15, 0.2) is 0 Å². The number of amides is 1. The van der Waals surface area contributed by atoms with Crippen molar-refractivity contribution in [3.63, 3.8) is 0 Å². The zero-order valence-corrected chi connectivity index (χ0v) is 10.5. The third-order valence-corrected chi connectivity index (χ3v) is 4.47. The second-order valence-corrected chi connectivity index (χ2v) is 6.58. The summed E-state index contributed by atoms with van der Waals surface area (Å²) in [7, 11) is -1.87. The Labute approximate surface area is 95.5 Å². The number of sulfone groups is 1. The molecule has 7 heteroatoms. The molecule has 6 nitrogen and oxygen atoms in total. The Balaban J connectivity index is 2.74. The standard InChI is InChI=1S/C9H18N2O4S/c1-6(16(3,14)15)9(13)11(2)7-4-10-5-8(7)12/h6-8,10,12H,4-5H2,1-3H3/t6?,7-,8-/m1/s1. The minimum absolute atomic E-state index is 0.350. The molecule has 1 fully saturated rings. The van der Waals surface area contributed by atoms with Gasteiger partial charge in [0.2, 0.25) is 5.91 Å². The highest BCUT2D eigenvalue weighted by Crippen LogP contribution is 2.11. The van der Waals surface area contributed by atoms with E-state index < -0.39 is 27.1 Å². The molecule has 1 aliphatic rings. The van der Waals surface area contributed by atoms with Gasteiger partial charge in [0.1, 0.15) is 5.25 Å². The van der Waals surface area contributed by atoms with E-state index in [2.05, 4.69) is 5.32 Å². The first-order chi connectivity index (χ1) is 7.25. The number of hydrogen-bond donors (Lipinski definition) is 2. The predicted molar refractivity (Wildman–Crippen MR) is 59.7 cm³/mol. The lowest BCUT2D eigenvalue weighted by molar-refractivity contribution is -0.132. The van der Waals surface area contributed by atoms with Gasteiger partial charge in [0.15, 0.2) is 9.84 Å². The van der Waals surface area contributed by atoms with Crippen LogP contribution in [0.1, 0.15) is 6.92 Å². The van der Waals surface area contributed by atoms with E-state index in [0.29, 0.717) is 13.1 Å². The quantitative estimate of drug-likeness (QED) is 0.618. The van der Waals surface area contributed by atoms with E-state index in [0.717, 1.165) is 6.26 Å². The summed E-state index contributed by atoms with van der Waals surface area (Å²) < 4.78 is 22.5. The molecule has 1 amide bonds. The van der Waals surface area contributed by atoms with Gasteiger partial charge in [-0.2, -0.15) is 0 Å². The Morgan fingerprint density at radius 1 is 1.50 bits per heavy atom. The fraction of sp³-hybridized carbons (Fsp3) is 0.889. The fourth-order valence-corrected chi connectivity index (χ4v) is 2.21. The van der Waals surface area contributed by atoms with Crippen molar-refractivity contribution in [1.82, 2.24) is 10.2 Å². The lowest BCUT2D eigenvalue weighted by Crippen LogP contribution is -2.49. The summed E-state index contributed by atoms with van der Waals surface area (Å²) >= 11 is 0. The maximum Gasteiger partial charge on any atom is 0.240 e. The Kier molecular flexibility index (Phi) is 3.92. The van der Waals surface area contributed by atoms with Gasteiger partial charge < -0.3 is 15.3 Å². The van der Waals surface area contributed by atoms with Crippen LogP contribution in [0.25, 0.3) is 0 Å². The van der Waals surface area contributed by atoms with E-state index in [1.54, 1.807) is 0 Å². The van der Waals surface area contributed by atoms with Crippen LogP contribution >= 0.6 is 0 Å². The van der Waals surface area contributed by atoms with Crippen molar-refractivity contribution in [2.45, 2.75) is 24.3 Å². The van der Waals surface area contributed by atoms with Gasteiger partial charge in [-0.05, 0) is 6.92 Å². The minimum atomic E-state index is -3.39. The van der Waals surface area contributed by atoms with Crippen molar-refractivity contribution in [2.24, 2.45) is 0 Å². The molecule has 1 rings (SSSR count). The largest absolute Gasteiger partial charge is 0.390 e. The molecule has 0 aliphatic carbocycles. The Morgan fingerprint density at radius 2 is 2.06 bits per heavy atom. The SMILES string of the molecule is CC(C(=O)N(C)[C@@H]1CNC[C@H]1O)S(C)(=O)=O. The number of likely N-dealkylation sites (N-methyl/N-ethyl adjacent to an activating group) is 1. The van der Waals surface area contributed by atoms with Crippen molar-refractivity contribution >= 4 is 15.7 Å². The highest BCUT2D eigenvalue weighted by atomic mass is 32.2. The summed E-state index contributed by atoms with van der Waals surface area (Å²) in [5.74, 6) is -0.477. The molecule has 0 radical (unpaired) electrons. The van der Waals surface area contributed by atoms with E-state index >= 15 is 0 Å². The van der Waals surface area contributed by atoms with Gasteiger partial charge in [0.05, 0.1) is 12.1 Å². The minimum Gasteiger partial charge on any atom is -0.390 e. The molecule has 0 aromatic carbocycles. The molecular formula is C9H18N2O4S. The fourth-order valence-electron chi connectivity index (χ4n) is 1.68. The maximum absolute atomic E-state index is 11.8. The number of rotatable bonds is 3. The average molecular weight is 250 g/mol. The third-order valence-electron chi connectivity index (χ3n) is 2.99. The highest BCUT2D eigenvalue weighted by Gasteiger charge is 2.35. The van der Waals surface area contributed by atoms with E-state index in [1.807, 2.05) is 0 Å². The molecule has 0 spiro atoms. The molecular weight excluding hydrogens is 232 g/mol. The van der Waals surface area contributed by atoms with Crippen LogP contribution in [0, 0.1) is 0 Å². The van der Waals surface area contributed by atoms with Crippen LogP contribution in [0.5, 0.6) is 0 Å². The van der Waals surface area contributed by atoms with Crippen LogP contribution in [-0.4, -0.2) is 68.1 Å². The molecule has 16 heavy (non-hydrogen) atoms. The molecule has 0 aromatic heterocycles. The van der Waals surface area contributed by atoms with E-state index in [9.17, 15) is 18.3 Å². The topological polar surface area (TPSA) is 86.7 Å². The molecule has 1 unspecified atom stereocenters. The first-order valence-corrected chi connectivity index (χ1v) is 7.05. The molecule has 94 valence electrons. The monoisotopic (exact) mass is 250 g/mol. The number of carbonyl (C=O) groups is 1. The summed E-state index contributed by atoms with van der Waals surface area (Å²) in [6.45, 7) is 2.28. The Bertz CT molecular complexity index is 368. The van der Waals surface area contributed by atoms with E-state index in [-0.39, 0.29) is 6.04 Å². The zero-order chi connectivity index (χ0) is 12.5. The molecule has 1 aliphatic heterocycles. The average Bonchev–Trinajstić information content (AvgIpc) is 2.59. The molecule has 0 saturated carbocycles. The van der Waals surface area contributed by atoms with Crippen molar-refractivity contribution < 1.29 is 18.3 Å². The van der Waals surface area contributed by atoms with Crippen molar-refractivity contribution in [3.05, 3.63) is 0 Å². The highest BCUT2D eigenvalue weighted by molar-refractivity contribution is 7.92. The van der Waals surface area contributed by atoms with E-state index in [1.165, 1.54) is 18.9 Å². The molecule has 2 N–H and O–H groups in total. The van der Waals surface area contributed by atoms with Crippen LogP contribution < -0.4 is 5.32 Å². The normalized spacial score (nSPS) is 27.8. The number of β-amino-alcohol motifs (C(OH)–C–C–N with tert-alkyl or cyclic N) is 1. The first-order valence-electron chi connectivity index (χ1n) is 5.09. The Morgan fingerprint density at radius 3 is 2.44 bits per heavy atom. The van der Waals surface area contributed by atoms with Crippen LogP contribution in [0.2, 0.25) is 0 Å². The van der Waals surface area contributed by atoms with Crippen molar-refractivity contribution in [1.29, 1.82) is 0 Å². The summed E-state index contributed by atoms with van der Waals surface area (Å²) in [6, 6.07) is -0.350. The number of nitrogens with zero attached hydrogens (tertiary/aromatic N) is 1. The van der Waals surface area contributed by atoms with Gasteiger partial charge in [-0.15, -0.1) is 0 Å². The smallest absolute Gasteiger partial charge is 0.240 e. The number of aliphatic hydroxyl groups excluding tert-OH is 1. The lowest BCUT2D eigenvalue weighted by atomic mass is 10.2. The van der Waals surface area contributed by atoms with Crippen LogP contribution in [-0.2, 0) is 14.6 Å². The summed E-state index contributed by atoms with van der Waals surface area (Å²) in [5.41, 5.74) is 0. The number of carbonyl (C=O) groups excluding carboxylic acids is 1. The summed E-state index contributed by atoms with van der Waals surface area (Å²) in [4.78, 5) is 13.1. The van der Waals surface area contributed by atoms with Crippen LogP contribution in [0.4, 0.5) is 0 Å². The van der Waals surface area contributed by atoms with Gasteiger partial charge in [0.25, 0.3) is 0 Å². The Hall–Kier alpha value is -0.660. The second kappa shape index (κ2) is 4.68. The molecule has 1 heterocycles.